The molecule has 0 aromatic carbocycles. The van der Waals surface area contributed by atoms with E-state index in [1.807, 2.05) is 6.07 Å². The van der Waals surface area contributed by atoms with Crippen LogP contribution >= 0.6 is 11.3 Å². The second-order valence-electron chi connectivity index (χ2n) is 3.58. The number of carboxylic acid groups (broad SMARTS) is 1. The van der Waals surface area contributed by atoms with Crippen molar-refractivity contribution in [1.29, 1.82) is 0 Å². The molecule has 0 aliphatic carbocycles. The summed E-state index contributed by atoms with van der Waals surface area (Å²) in [6, 6.07) is 5.03. The van der Waals surface area contributed by atoms with Gasteiger partial charge in [0.05, 0.1) is 5.56 Å². The molecule has 0 bridgehead atoms. The molecular formula is C13H10N2O3S. The molecule has 96 valence electrons. The van der Waals surface area contributed by atoms with E-state index in [1.165, 1.54) is 23.5 Å². The summed E-state index contributed by atoms with van der Waals surface area (Å²) in [5.41, 5.74) is 0.885. The molecule has 0 unspecified atom stereocenters. The first-order chi connectivity index (χ1) is 9.16. The molecule has 0 saturated heterocycles. The number of hydrogen-bond acceptors (Lipinski definition) is 4. The number of aromatic carboxylic acids is 1. The summed E-state index contributed by atoms with van der Waals surface area (Å²) < 4.78 is 0. The Balaban J connectivity index is 2.04. The van der Waals surface area contributed by atoms with Gasteiger partial charge in [-0.15, -0.1) is 11.3 Å². The number of nitrogens with one attached hydrogen (secondary N) is 1. The first-order valence-electron chi connectivity index (χ1n) is 5.36. The van der Waals surface area contributed by atoms with E-state index in [-0.39, 0.29) is 11.5 Å². The van der Waals surface area contributed by atoms with Gasteiger partial charge in [-0.2, -0.15) is 0 Å². The maximum absolute atomic E-state index is 11.7. The molecule has 2 N–H and O–H groups in total. The third-order valence-corrected chi connectivity index (χ3v) is 3.07. The Hall–Kier alpha value is -2.47. The topological polar surface area (TPSA) is 79.3 Å². The predicted molar refractivity (Wildman–Crippen MR) is 73.2 cm³/mol. The second-order valence-corrected chi connectivity index (χ2v) is 4.49. The summed E-state index contributed by atoms with van der Waals surface area (Å²) in [6.45, 7) is 0. The van der Waals surface area contributed by atoms with E-state index >= 15 is 0 Å². The molecule has 5 nitrogen and oxygen atoms in total. The van der Waals surface area contributed by atoms with Crippen molar-refractivity contribution < 1.29 is 14.7 Å². The van der Waals surface area contributed by atoms with Gasteiger partial charge >= 0.3 is 5.97 Å². The molecule has 0 aliphatic heterocycles. The fourth-order valence-corrected chi connectivity index (χ4v) is 2.16. The van der Waals surface area contributed by atoms with Crippen LogP contribution in [0, 0.1) is 0 Å². The summed E-state index contributed by atoms with van der Waals surface area (Å²) in [6.07, 6.45) is 6.21. The van der Waals surface area contributed by atoms with Crippen LogP contribution in [0.25, 0.3) is 6.08 Å². The van der Waals surface area contributed by atoms with Crippen LogP contribution in [0.3, 0.4) is 0 Å². The highest BCUT2D eigenvalue weighted by atomic mass is 32.1. The fourth-order valence-electron chi connectivity index (χ4n) is 1.37. The van der Waals surface area contributed by atoms with Crippen molar-refractivity contribution in [2.24, 2.45) is 0 Å². The molecule has 2 rings (SSSR count). The minimum absolute atomic E-state index is 0.0909. The van der Waals surface area contributed by atoms with Gasteiger partial charge < -0.3 is 10.4 Å². The molecule has 0 saturated carbocycles. The number of amides is 1. The molecule has 6 heteroatoms. The summed E-state index contributed by atoms with van der Waals surface area (Å²) in [5, 5.41) is 13.4. The van der Waals surface area contributed by atoms with Crippen molar-refractivity contribution in [3.8, 4) is 0 Å². The number of nitrogens with zero attached hydrogens (tertiary/aromatic N) is 1. The Morgan fingerprint density at radius 1 is 1.37 bits per heavy atom. The highest BCUT2D eigenvalue weighted by Crippen LogP contribution is 2.23. The molecule has 2 heterocycles. The summed E-state index contributed by atoms with van der Waals surface area (Å²) in [5.74, 6) is -1.44. The van der Waals surface area contributed by atoms with Crippen molar-refractivity contribution in [2.75, 3.05) is 5.32 Å². The quantitative estimate of drug-likeness (QED) is 0.839. The number of hydrogen-bond donors (Lipinski definition) is 2. The average molecular weight is 274 g/mol. The number of carbonyl (C=O) groups excluding carboxylic acids is 1. The van der Waals surface area contributed by atoms with Gasteiger partial charge in [0.1, 0.15) is 5.00 Å². The third-order valence-electron chi connectivity index (χ3n) is 2.24. The second kappa shape index (κ2) is 5.92. The Morgan fingerprint density at radius 2 is 2.21 bits per heavy atom. The lowest BCUT2D eigenvalue weighted by Gasteiger charge is -2.00. The number of aromatic nitrogens is 1. The van der Waals surface area contributed by atoms with E-state index in [0.717, 1.165) is 5.56 Å². The monoisotopic (exact) mass is 274 g/mol. The fraction of sp³-hybridized carbons (Fsp3) is 0. The SMILES string of the molecule is O=C(/C=C/c1cccnc1)Nc1sccc1C(=O)O. The molecule has 0 aliphatic rings. The summed E-state index contributed by atoms with van der Waals surface area (Å²) in [7, 11) is 0. The number of anilines is 1. The van der Waals surface area contributed by atoms with Crippen LogP contribution in [-0.2, 0) is 4.79 Å². The average Bonchev–Trinajstić information content (AvgIpc) is 2.86. The van der Waals surface area contributed by atoms with Crippen LogP contribution in [0.4, 0.5) is 5.00 Å². The minimum Gasteiger partial charge on any atom is -0.478 e. The molecule has 2 aromatic rings. The molecule has 19 heavy (non-hydrogen) atoms. The van der Waals surface area contributed by atoms with Gasteiger partial charge in [0.15, 0.2) is 0 Å². The maximum atomic E-state index is 11.7. The Labute approximate surface area is 113 Å². The molecule has 0 spiro atoms. The van der Waals surface area contributed by atoms with Crippen LogP contribution in [0.1, 0.15) is 15.9 Å². The highest BCUT2D eigenvalue weighted by molar-refractivity contribution is 7.14. The van der Waals surface area contributed by atoms with E-state index in [9.17, 15) is 9.59 Å². The normalized spacial score (nSPS) is 10.5. The van der Waals surface area contributed by atoms with Gasteiger partial charge in [-0.1, -0.05) is 6.07 Å². The zero-order chi connectivity index (χ0) is 13.7. The van der Waals surface area contributed by atoms with Crippen molar-refractivity contribution in [3.05, 3.63) is 53.2 Å². The largest absolute Gasteiger partial charge is 0.478 e. The van der Waals surface area contributed by atoms with E-state index in [1.54, 1.807) is 29.9 Å². The Kier molecular flexibility index (Phi) is 4.04. The van der Waals surface area contributed by atoms with Crippen molar-refractivity contribution in [2.45, 2.75) is 0 Å². The first-order valence-corrected chi connectivity index (χ1v) is 6.24. The van der Waals surface area contributed by atoms with Crippen molar-refractivity contribution in [1.82, 2.24) is 4.98 Å². The maximum Gasteiger partial charge on any atom is 0.338 e. The van der Waals surface area contributed by atoms with Gasteiger partial charge in [0.25, 0.3) is 0 Å². The lowest BCUT2D eigenvalue weighted by atomic mass is 10.2. The predicted octanol–water partition coefficient (Wildman–Crippen LogP) is 2.49. The van der Waals surface area contributed by atoms with Crippen molar-refractivity contribution >= 4 is 34.3 Å². The third kappa shape index (κ3) is 3.49. The van der Waals surface area contributed by atoms with E-state index in [0.29, 0.717) is 5.00 Å². The van der Waals surface area contributed by atoms with Gasteiger partial charge in [-0.25, -0.2) is 4.79 Å². The minimum atomic E-state index is -1.06. The summed E-state index contributed by atoms with van der Waals surface area (Å²) >= 11 is 1.17. The number of thiophene rings is 1. The number of carboxylic acids is 1. The molecule has 0 atom stereocenters. The van der Waals surface area contributed by atoms with Crippen LogP contribution in [-0.4, -0.2) is 22.0 Å². The van der Waals surface area contributed by atoms with Gasteiger partial charge in [0.2, 0.25) is 5.91 Å². The Morgan fingerprint density at radius 3 is 2.89 bits per heavy atom. The Bertz CT molecular complexity index is 620. The standard InChI is InChI=1S/C13H10N2O3S/c16-11(4-3-9-2-1-6-14-8-9)15-12-10(13(17)18)5-7-19-12/h1-8H,(H,15,16)(H,17,18)/b4-3+. The zero-order valence-electron chi connectivity index (χ0n) is 9.74. The smallest absolute Gasteiger partial charge is 0.338 e. The van der Waals surface area contributed by atoms with Crippen LogP contribution in [0.15, 0.2) is 42.0 Å². The van der Waals surface area contributed by atoms with E-state index in [2.05, 4.69) is 10.3 Å². The highest BCUT2D eigenvalue weighted by Gasteiger charge is 2.12. The number of pyridine rings is 1. The summed E-state index contributed by atoms with van der Waals surface area (Å²) in [4.78, 5) is 26.4. The first kappa shape index (κ1) is 13.0. The molecule has 0 fully saturated rings. The van der Waals surface area contributed by atoms with Crippen LogP contribution in [0.5, 0.6) is 0 Å². The number of carbonyl (C=O) groups is 2. The van der Waals surface area contributed by atoms with E-state index in [4.69, 9.17) is 5.11 Å². The molecule has 1 amide bonds. The van der Waals surface area contributed by atoms with Gasteiger partial charge in [-0.05, 0) is 29.2 Å². The van der Waals surface area contributed by atoms with E-state index < -0.39 is 5.97 Å². The number of rotatable bonds is 4. The van der Waals surface area contributed by atoms with Crippen LogP contribution < -0.4 is 5.32 Å². The lowest BCUT2D eigenvalue weighted by Crippen LogP contribution is -2.09. The van der Waals surface area contributed by atoms with Crippen LogP contribution in [0.2, 0.25) is 0 Å². The van der Waals surface area contributed by atoms with Crippen molar-refractivity contribution in [3.63, 3.8) is 0 Å². The molecule has 2 aromatic heterocycles. The van der Waals surface area contributed by atoms with Gasteiger partial charge in [0, 0.05) is 18.5 Å². The molecule has 0 radical (unpaired) electrons. The lowest BCUT2D eigenvalue weighted by molar-refractivity contribution is -0.111. The molecular weight excluding hydrogens is 264 g/mol. The zero-order valence-corrected chi connectivity index (χ0v) is 10.6. The van der Waals surface area contributed by atoms with Gasteiger partial charge in [-0.3, -0.25) is 9.78 Å².